The topological polar surface area (TPSA) is 41.6 Å². The zero-order chi connectivity index (χ0) is 17.0. The van der Waals surface area contributed by atoms with Gasteiger partial charge in [-0.1, -0.05) is 6.07 Å². The minimum atomic E-state index is -0.480. The first-order valence-electron chi connectivity index (χ1n) is 8.25. The number of carbonyl (C=O) groups is 1. The van der Waals surface area contributed by atoms with Crippen LogP contribution in [0, 0.1) is 12.7 Å². The van der Waals surface area contributed by atoms with Crippen molar-refractivity contribution in [1.29, 1.82) is 0 Å². The molecule has 0 aliphatic carbocycles. The first-order valence-corrected chi connectivity index (χ1v) is 8.25. The van der Waals surface area contributed by atoms with Crippen molar-refractivity contribution >= 4 is 11.8 Å². The fourth-order valence-corrected chi connectivity index (χ4v) is 2.71. The Morgan fingerprint density at radius 1 is 1.30 bits per heavy atom. The number of aryl methyl sites for hydroxylation is 1. The maximum atomic E-state index is 14.0. The molecule has 1 aromatic rings. The average Bonchev–Trinajstić information content (AvgIpc) is 2.66. The summed E-state index contributed by atoms with van der Waals surface area (Å²) in [6.07, 6.45) is 2.31. The third-order valence-electron chi connectivity index (χ3n) is 3.86. The van der Waals surface area contributed by atoms with Crippen LogP contribution in [0.25, 0.3) is 0 Å². The van der Waals surface area contributed by atoms with Gasteiger partial charge in [-0.3, -0.25) is 0 Å². The van der Waals surface area contributed by atoms with Crippen LogP contribution in [-0.2, 0) is 4.74 Å². The van der Waals surface area contributed by atoms with Gasteiger partial charge in [-0.15, -0.1) is 0 Å². The van der Waals surface area contributed by atoms with Gasteiger partial charge in [0.1, 0.15) is 11.4 Å². The number of halogens is 1. The Hall–Kier alpha value is -1.78. The number of nitrogens with zero attached hydrogens (tertiary/aromatic N) is 1. The summed E-state index contributed by atoms with van der Waals surface area (Å²) in [5.41, 5.74) is 0.961. The van der Waals surface area contributed by atoms with Gasteiger partial charge in [0.05, 0.1) is 5.69 Å². The van der Waals surface area contributed by atoms with E-state index in [1.807, 2.05) is 33.8 Å². The number of amides is 1. The molecule has 1 saturated heterocycles. The molecule has 23 heavy (non-hydrogen) atoms. The Kier molecular flexibility index (Phi) is 5.50. The van der Waals surface area contributed by atoms with Crippen LogP contribution in [0.4, 0.5) is 14.9 Å². The molecular weight excluding hydrogens is 295 g/mol. The minimum absolute atomic E-state index is 0.166. The highest BCUT2D eigenvalue weighted by Crippen LogP contribution is 2.21. The smallest absolute Gasteiger partial charge is 0.410 e. The zero-order valence-corrected chi connectivity index (χ0v) is 14.5. The van der Waals surface area contributed by atoms with Crippen LogP contribution in [-0.4, -0.2) is 35.7 Å². The Morgan fingerprint density at radius 2 is 2.04 bits per heavy atom. The Morgan fingerprint density at radius 3 is 2.70 bits per heavy atom. The van der Waals surface area contributed by atoms with Crippen LogP contribution in [0.3, 0.4) is 0 Å². The number of anilines is 1. The molecule has 1 aromatic carbocycles. The highest BCUT2D eigenvalue weighted by molar-refractivity contribution is 5.68. The highest BCUT2D eigenvalue weighted by Gasteiger charge is 2.25. The summed E-state index contributed by atoms with van der Waals surface area (Å²) in [7, 11) is 0. The van der Waals surface area contributed by atoms with Crippen molar-refractivity contribution in [3.63, 3.8) is 0 Å². The monoisotopic (exact) mass is 322 g/mol. The van der Waals surface area contributed by atoms with Crippen molar-refractivity contribution < 1.29 is 13.9 Å². The van der Waals surface area contributed by atoms with Crippen LogP contribution in [0.2, 0.25) is 0 Å². The van der Waals surface area contributed by atoms with E-state index in [1.165, 1.54) is 6.07 Å². The molecule has 0 saturated carbocycles. The number of nitrogens with one attached hydrogen (secondary N) is 1. The molecule has 1 N–H and O–H groups in total. The Labute approximate surface area is 138 Å². The molecular formula is C18H27FN2O2. The number of benzene rings is 1. The first kappa shape index (κ1) is 17.6. The summed E-state index contributed by atoms with van der Waals surface area (Å²) in [6.45, 7) is 8.79. The zero-order valence-electron chi connectivity index (χ0n) is 14.5. The second kappa shape index (κ2) is 7.20. The lowest BCUT2D eigenvalue weighted by atomic mass is 10.1. The molecule has 128 valence electrons. The van der Waals surface area contributed by atoms with Crippen LogP contribution < -0.4 is 5.32 Å². The van der Waals surface area contributed by atoms with Crippen LogP contribution in [0.1, 0.15) is 45.6 Å². The number of ether oxygens (including phenoxy) is 1. The number of hydrogen-bond acceptors (Lipinski definition) is 3. The summed E-state index contributed by atoms with van der Waals surface area (Å²) in [5, 5.41) is 3.27. The van der Waals surface area contributed by atoms with Crippen molar-refractivity contribution in [3.8, 4) is 0 Å². The van der Waals surface area contributed by atoms with Crippen molar-refractivity contribution in [3.05, 3.63) is 29.6 Å². The van der Waals surface area contributed by atoms with Gasteiger partial charge in [-0.2, -0.15) is 0 Å². The summed E-state index contributed by atoms with van der Waals surface area (Å²) >= 11 is 0. The molecule has 0 radical (unpaired) electrons. The lowest BCUT2D eigenvalue weighted by Gasteiger charge is -2.26. The lowest BCUT2D eigenvalue weighted by molar-refractivity contribution is 0.0256. The second-order valence-electron chi connectivity index (χ2n) is 7.22. The molecule has 1 fully saturated rings. The summed E-state index contributed by atoms with van der Waals surface area (Å²) in [4.78, 5) is 13.9. The molecule has 1 atom stereocenters. The summed E-state index contributed by atoms with van der Waals surface area (Å²) in [6, 6.07) is 5.38. The lowest BCUT2D eigenvalue weighted by Crippen LogP contribution is -2.37. The van der Waals surface area contributed by atoms with E-state index >= 15 is 0 Å². The summed E-state index contributed by atoms with van der Waals surface area (Å²) in [5.74, 6) is -0.224. The molecule has 2 rings (SSSR count). The van der Waals surface area contributed by atoms with E-state index in [4.69, 9.17) is 4.74 Å². The third-order valence-corrected chi connectivity index (χ3v) is 3.86. The van der Waals surface area contributed by atoms with Crippen molar-refractivity contribution in [2.45, 2.75) is 58.6 Å². The molecule has 0 spiro atoms. The van der Waals surface area contributed by atoms with Gasteiger partial charge in [-0.05, 0) is 64.7 Å². The Balaban J connectivity index is 1.92. The number of carbonyl (C=O) groups excluding carboxylic acids is 1. The fourth-order valence-electron chi connectivity index (χ4n) is 2.71. The van der Waals surface area contributed by atoms with E-state index in [1.54, 1.807) is 11.0 Å². The standard InChI is InChI=1S/C18H27FN2O2/c1-13-7-8-16(15(19)12-13)20-14-6-5-10-21(11-9-14)17(22)23-18(2,3)4/h7-8,12,14,20H,5-6,9-11H2,1-4H3. The van der Waals surface area contributed by atoms with E-state index in [2.05, 4.69) is 5.32 Å². The van der Waals surface area contributed by atoms with E-state index in [9.17, 15) is 9.18 Å². The maximum Gasteiger partial charge on any atom is 0.410 e. The van der Waals surface area contributed by atoms with Crippen LogP contribution in [0.15, 0.2) is 18.2 Å². The molecule has 1 aliphatic heterocycles. The van der Waals surface area contributed by atoms with Crippen LogP contribution in [0.5, 0.6) is 0 Å². The van der Waals surface area contributed by atoms with Gasteiger partial charge in [0.25, 0.3) is 0 Å². The molecule has 1 unspecified atom stereocenters. The molecule has 1 heterocycles. The Bertz CT molecular complexity index is 554. The van der Waals surface area contributed by atoms with E-state index in [0.717, 1.165) is 24.8 Å². The van der Waals surface area contributed by atoms with Crippen molar-refractivity contribution in [2.24, 2.45) is 0 Å². The fraction of sp³-hybridized carbons (Fsp3) is 0.611. The molecule has 0 aromatic heterocycles. The maximum absolute atomic E-state index is 14.0. The average molecular weight is 322 g/mol. The molecule has 0 bridgehead atoms. The molecule has 4 nitrogen and oxygen atoms in total. The number of hydrogen-bond donors (Lipinski definition) is 1. The largest absolute Gasteiger partial charge is 0.444 e. The van der Waals surface area contributed by atoms with Crippen molar-refractivity contribution in [2.75, 3.05) is 18.4 Å². The summed E-state index contributed by atoms with van der Waals surface area (Å²) < 4.78 is 19.4. The van der Waals surface area contributed by atoms with Gasteiger partial charge >= 0.3 is 6.09 Å². The molecule has 5 heteroatoms. The molecule has 1 amide bonds. The second-order valence-corrected chi connectivity index (χ2v) is 7.22. The van der Waals surface area contributed by atoms with Gasteiger partial charge in [0.2, 0.25) is 0 Å². The van der Waals surface area contributed by atoms with Gasteiger partial charge in [0, 0.05) is 19.1 Å². The van der Waals surface area contributed by atoms with Gasteiger partial charge in [-0.25, -0.2) is 9.18 Å². The minimum Gasteiger partial charge on any atom is -0.444 e. The van der Waals surface area contributed by atoms with Gasteiger partial charge < -0.3 is 15.0 Å². The van der Waals surface area contributed by atoms with E-state index < -0.39 is 5.60 Å². The van der Waals surface area contributed by atoms with Crippen molar-refractivity contribution in [1.82, 2.24) is 4.90 Å². The predicted molar refractivity (Wildman–Crippen MR) is 90.2 cm³/mol. The number of rotatable bonds is 2. The van der Waals surface area contributed by atoms with Gasteiger partial charge in [0.15, 0.2) is 0 Å². The SMILES string of the molecule is Cc1ccc(NC2CCCN(C(=O)OC(C)(C)C)CC2)c(F)c1. The highest BCUT2D eigenvalue weighted by atomic mass is 19.1. The van der Waals surface area contributed by atoms with E-state index in [-0.39, 0.29) is 18.0 Å². The first-order chi connectivity index (χ1) is 10.7. The van der Waals surface area contributed by atoms with E-state index in [0.29, 0.717) is 18.8 Å². The third kappa shape index (κ3) is 5.41. The van der Waals surface area contributed by atoms with Crippen LogP contribution >= 0.6 is 0 Å². The normalized spacial score (nSPS) is 19.2. The number of likely N-dealkylation sites (tertiary alicyclic amines) is 1. The quantitative estimate of drug-likeness (QED) is 0.881. The predicted octanol–water partition coefficient (Wildman–Crippen LogP) is 4.34. The molecule has 1 aliphatic rings.